The van der Waals surface area contributed by atoms with Crippen molar-refractivity contribution in [1.82, 2.24) is 4.57 Å². The quantitative estimate of drug-likeness (QED) is 0.769. The highest BCUT2D eigenvalue weighted by atomic mass is 79.9. The van der Waals surface area contributed by atoms with Gasteiger partial charge in [-0.25, -0.2) is 4.79 Å². The van der Waals surface area contributed by atoms with Crippen molar-refractivity contribution in [3.63, 3.8) is 0 Å². The SMILES string of the molecule is COC(=O)c1cc(Br)cn1CCCC(=O)OC(C)(C)C. The van der Waals surface area contributed by atoms with Gasteiger partial charge in [0, 0.05) is 23.6 Å². The Hall–Kier alpha value is -1.30. The molecule has 1 rings (SSSR count). The minimum absolute atomic E-state index is 0.233. The van der Waals surface area contributed by atoms with Gasteiger partial charge < -0.3 is 14.0 Å². The Balaban J connectivity index is 2.54. The van der Waals surface area contributed by atoms with Crippen LogP contribution >= 0.6 is 15.9 Å². The van der Waals surface area contributed by atoms with Gasteiger partial charge in [-0.15, -0.1) is 0 Å². The van der Waals surface area contributed by atoms with Gasteiger partial charge in [0.1, 0.15) is 11.3 Å². The van der Waals surface area contributed by atoms with E-state index in [1.54, 1.807) is 16.8 Å². The molecule has 1 aromatic rings. The molecule has 6 heteroatoms. The molecular formula is C14H20BrNO4. The fourth-order valence-corrected chi connectivity index (χ4v) is 2.19. The summed E-state index contributed by atoms with van der Waals surface area (Å²) in [6.45, 7) is 6.06. The molecule has 5 nitrogen and oxygen atoms in total. The molecule has 112 valence electrons. The molecule has 0 saturated heterocycles. The lowest BCUT2D eigenvalue weighted by molar-refractivity contribution is -0.154. The van der Waals surface area contributed by atoms with Crippen molar-refractivity contribution in [2.24, 2.45) is 0 Å². The number of carbonyl (C=O) groups is 2. The standard InChI is InChI=1S/C14H20BrNO4/c1-14(2,3)20-12(17)6-5-7-16-9-10(15)8-11(16)13(18)19-4/h8-9H,5-7H2,1-4H3. The van der Waals surface area contributed by atoms with Crippen LogP contribution < -0.4 is 0 Å². The zero-order valence-electron chi connectivity index (χ0n) is 12.2. The second-order valence-electron chi connectivity index (χ2n) is 5.42. The Morgan fingerprint density at radius 3 is 2.55 bits per heavy atom. The van der Waals surface area contributed by atoms with Gasteiger partial charge in [0.25, 0.3) is 0 Å². The second kappa shape index (κ2) is 6.92. The minimum Gasteiger partial charge on any atom is -0.464 e. The molecule has 1 heterocycles. The second-order valence-corrected chi connectivity index (χ2v) is 6.33. The Kier molecular flexibility index (Phi) is 5.80. The van der Waals surface area contributed by atoms with Crippen LogP contribution in [0.3, 0.4) is 0 Å². The summed E-state index contributed by atoms with van der Waals surface area (Å²) in [5.74, 6) is -0.628. The average Bonchev–Trinajstić information content (AvgIpc) is 2.67. The Bertz CT molecular complexity index is 488. The van der Waals surface area contributed by atoms with Crippen LogP contribution in [0, 0.1) is 0 Å². The zero-order valence-corrected chi connectivity index (χ0v) is 13.8. The molecular weight excluding hydrogens is 326 g/mol. The van der Waals surface area contributed by atoms with E-state index in [0.717, 1.165) is 4.47 Å². The van der Waals surface area contributed by atoms with Crippen LogP contribution in [0.15, 0.2) is 16.7 Å². The highest BCUT2D eigenvalue weighted by Crippen LogP contribution is 2.17. The third-order valence-electron chi connectivity index (χ3n) is 2.46. The summed E-state index contributed by atoms with van der Waals surface area (Å²) in [5, 5.41) is 0. The molecule has 0 atom stereocenters. The lowest BCUT2D eigenvalue weighted by Crippen LogP contribution is -2.24. The van der Waals surface area contributed by atoms with Gasteiger partial charge in [0.2, 0.25) is 0 Å². The molecule has 0 unspecified atom stereocenters. The van der Waals surface area contributed by atoms with E-state index in [2.05, 4.69) is 15.9 Å². The van der Waals surface area contributed by atoms with E-state index >= 15 is 0 Å². The van der Waals surface area contributed by atoms with E-state index in [1.165, 1.54) is 7.11 Å². The van der Waals surface area contributed by atoms with Crippen LogP contribution in [0.5, 0.6) is 0 Å². The van der Waals surface area contributed by atoms with Crippen molar-refractivity contribution < 1.29 is 19.1 Å². The summed E-state index contributed by atoms with van der Waals surface area (Å²) >= 11 is 3.32. The molecule has 0 fully saturated rings. The summed E-state index contributed by atoms with van der Waals surface area (Å²) in [4.78, 5) is 23.2. The largest absolute Gasteiger partial charge is 0.464 e. The third-order valence-corrected chi connectivity index (χ3v) is 2.89. The van der Waals surface area contributed by atoms with Crippen molar-refractivity contribution in [2.45, 2.75) is 45.8 Å². The first-order valence-electron chi connectivity index (χ1n) is 6.39. The van der Waals surface area contributed by atoms with Gasteiger partial charge in [-0.1, -0.05) is 0 Å². The van der Waals surface area contributed by atoms with Crippen LogP contribution in [-0.4, -0.2) is 29.2 Å². The molecule has 1 aromatic heterocycles. The van der Waals surface area contributed by atoms with Crippen LogP contribution in [-0.2, 0) is 20.8 Å². The molecule has 0 spiro atoms. The van der Waals surface area contributed by atoms with Crippen LogP contribution in [0.25, 0.3) is 0 Å². The molecule has 0 aliphatic carbocycles. The number of methoxy groups -OCH3 is 1. The van der Waals surface area contributed by atoms with Crippen molar-refractivity contribution in [2.75, 3.05) is 7.11 Å². The van der Waals surface area contributed by atoms with Crippen molar-refractivity contribution in [3.8, 4) is 0 Å². The Morgan fingerprint density at radius 1 is 1.35 bits per heavy atom. The molecule has 0 aromatic carbocycles. The van der Waals surface area contributed by atoms with Crippen LogP contribution in [0.1, 0.15) is 44.1 Å². The molecule has 0 aliphatic heterocycles. The third kappa shape index (κ3) is 5.36. The highest BCUT2D eigenvalue weighted by Gasteiger charge is 2.17. The van der Waals surface area contributed by atoms with Crippen LogP contribution in [0.2, 0.25) is 0 Å². The van der Waals surface area contributed by atoms with Crippen LogP contribution in [0.4, 0.5) is 0 Å². The number of carbonyl (C=O) groups excluding carboxylic acids is 2. The van der Waals surface area contributed by atoms with Gasteiger partial charge in [0.05, 0.1) is 7.11 Å². The van der Waals surface area contributed by atoms with Gasteiger partial charge >= 0.3 is 11.9 Å². The van der Waals surface area contributed by atoms with E-state index in [0.29, 0.717) is 25.1 Å². The predicted molar refractivity (Wildman–Crippen MR) is 78.6 cm³/mol. The van der Waals surface area contributed by atoms with Gasteiger partial charge in [-0.2, -0.15) is 0 Å². The fraction of sp³-hybridized carbons (Fsp3) is 0.571. The average molecular weight is 346 g/mol. The Morgan fingerprint density at radius 2 is 2.00 bits per heavy atom. The summed E-state index contributed by atoms with van der Waals surface area (Å²) in [5.41, 5.74) is -0.00589. The van der Waals surface area contributed by atoms with Crippen molar-refractivity contribution in [3.05, 3.63) is 22.4 Å². The summed E-state index contributed by atoms with van der Waals surface area (Å²) in [6.07, 6.45) is 2.70. The maximum Gasteiger partial charge on any atom is 0.354 e. The first-order valence-corrected chi connectivity index (χ1v) is 7.18. The number of rotatable bonds is 5. The van der Waals surface area contributed by atoms with E-state index in [-0.39, 0.29) is 5.97 Å². The van der Waals surface area contributed by atoms with Crippen molar-refractivity contribution in [1.29, 1.82) is 0 Å². The minimum atomic E-state index is -0.468. The smallest absolute Gasteiger partial charge is 0.354 e. The number of aromatic nitrogens is 1. The highest BCUT2D eigenvalue weighted by molar-refractivity contribution is 9.10. The number of esters is 2. The van der Waals surface area contributed by atoms with E-state index in [1.807, 2.05) is 20.8 Å². The maximum absolute atomic E-state index is 11.6. The zero-order chi connectivity index (χ0) is 15.3. The van der Waals surface area contributed by atoms with Gasteiger partial charge in [0.15, 0.2) is 0 Å². The van der Waals surface area contributed by atoms with E-state index in [9.17, 15) is 9.59 Å². The summed E-state index contributed by atoms with van der Waals surface area (Å²) in [7, 11) is 1.34. The van der Waals surface area contributed by atoms with E-state index in [4.69, 9.17) is 9.47 Å². The van der Waals surface area contributed by atoms with E-state index < -0.39 is 11.6 Å². The van der Waals surface area contributed by atoms with Crippen molar-refractivity contribution >= 4 is 27.9 Å². The predicted octanol–water partition coefficient (Wildman–Crippen LogP) is 3.16. The molecule has 0 bridgehead atoms. The molecule has 0 saturated carbocycles. The summed E-state index contributed by atoms with van der Waals surface area (Å²) in [6, 6.07) is 1.69. The Labute approximate surface area is 127 Å². The normalized spacial score (nSPS) is 11.2. The lowest BCUT2D eigenvalue weighted by atomic mass is 10.2. The lowest BCUT2D eigenvalue weighted by Gasteiger charge is -2.19. The number of hydrogen-bond acceptors (Lipinski definition) is 4. The van der Waals surface area contributed by atoms with Gasteiger partial charge in [-0.05, 0) is 49.2 Å². The number of ether oxygens (including phenoxy) is 2. The molecule has 0 aliphatic rings. The number of hydrogen-bond donors (Lipinski definition) is 0. The molecule has 0 radical (unpaired) electrons. The monoisotopic (exact) mass is 345 g/mol. The molecule has 0 amide bonds. The molecule has 0 N–H and O–H groups in total. The maximum atomic E-state index is 11.6. The summed E-state index contributed by atoms with van der Waals surface area (Å²) < 4.78 is 12.5. The number of halogens is 1. The first-order chi connectivity index (χ1) is 9.23. The number of aryl methyl sites for hydroxylation is 1. The topological polar surface area (TPSA) is 57.5 Å². The molecule has 20 heavy (non-hydrogen) atoms. The number of nitrogens with zero attached hydrogens (tertiary/aromatic N) is 1. The van der Waals surface area contributed by atoms with Gasteiger partial charge in [-0.3, -0.25) is 4.79 Å². The first kappa shape index (κ1) is 16.8. The fourth-order valence-electron chi connectivity index (χ4n) is 1.72.